The predicted octanol–water partition coefficient (Wildman–Crippen LogP) is 2.08. The van der Waals surface area contributed by atoms with E-state index in [-0.39, 0.29) is 40.1 Å². The minimum Gasteiger partial charge on any atom is -0.355 e. The van der Waals surface area contributed by atoms with Gasteiger partial charge in [0.2, 0.25) is 5.91 Å². The van der Waals surface area contributed by atoms with Crippen molar-refractivity contribution in [2.24, 2.45) is 5.92 Å². The number of pyridine rings is 2. The van der Waals surface area contributed by atoms with E-state index < -0.39 is 31.8 Å². The van der Waals surface area contributed by atoms with Crippen molar-refractivity contribution in [1.29, 1.82) is 0 Å². The molecule has 0 radical (unpaired) electrons. The van der Waals surface area contributed by atoms with Gasteiger partial charge < -0.3 is 20.5 Å². The number of fused-ring (bicyclic) bond motifs is 1. The van der Waals surface area contributed by atoms with E-state index in [4.69, 9.17) is 8.22 Å². The van der Waals surface area contributed by atoms with E-state index in [1.165, 1.54) is 16.9 Å². The summed E-state index contributed by atoms with van der Waals surface area (Å²) in [5.41, 5.74) is -0.308. The van der Waals surface area contributed by atoms with Crippen LogP contribution in [0, 0.1) is 5.92 Å². The first kappa shape index (κ1) is 14.3. The number of hydrogen-bond donors (Lipinski definition) is 3. The second kappa shape index (κ2) is 8.21. The molecule has 3 aromatic rings. The number of anilines is 3. The third-order valence-electron chi connectivity index (χ3n) is 5.06. The van der Waals surface area contributed by atoms with Crippen molar-refractivity contribution in [3.8, 4) is 0 Å². The molecule has 2 amide bonds. The smallest absolute Gasteiger partial charge is 0.263 e. The standard InChI is InChI=1S/C21H25N7O3/c1-4-27-9-8-15-17(21(27)31)18(26-28(15)5-2)24-14-10-16(25-19(29)12-6-7-12)23-11-13(14)20(30)22-3/h8-12H,4-7H2,1-3H3,(H,22,30)(H2,23,24,25,26,29)/i1D3,3D3. The van der Waals surface area contributed by atoms with Crippen LogP contribution in [-0.4, -0.2) is 38.1 Å². The van der Waals surface area contributed by atoms with Crippen LogP contribution < -0.4 is 21.5 Å². The maximum Gasteiger partial charge on any atom is 0.263 e. The number of rotatable bonds is 7. The summed E-state index contributed by atoms with van der Waals surface area (Å²) in [6, 6.07) is 2.91. The maximum atomic E-state index is 13.2. The molecule has 162 valence electrons. The van der Waals surface area contributed by atoms with Crippen molar-refractivity contribution in [1.82, 2.24) is 24.6 Å². The summed E-state index contributed by atoms with van der Waals surface area (Å²) in [4.78, 5) is 42.3. The normalized spacial score (nSPS) is 16.9. The first-order valence-electron chi connectivity index (χ1n) is 12.8. The first-order valence-corrected chi connectivity index (χ1v) is 9.76. The van der Waals surface area contributed by atoms with Crippen LogP contribution >= 0.6 is 0 Å². The molecule has 4 rings (SSSR count). The number of carbonyl (C=O) groups excluding carboxylic acids is 2. The lowest BCUT2D eigenvalue weighted by atomic mass is 10.2. The molecule has 10 nitrogen and oxygen atoms in total. The van der Waals surface area contributed by atoms with E-state index >= 15 is 0 Å². The molecule has 10 heteroatoms. The summed E-state index contributed by atoms with van der Waals surface area (Å²) in [6.07, 6.45) is 4.01. The Morgan fingerprint density at radius 2 is 2.16 bits per heavy atom. The minimum atomic E-state index is -2.77. The van der Waals surface area contributed by atoms with Gasteiger partial charge in [0, 0.05) is 52.7 Å². The fourth-order valence-corrected chi connectivity index (χ4v) is 3.26. The molecule has 0 atom stereocenters. The van der Waals surface area contributed by atoms with Crippen molar-refractivity contribution in [2.45, 2.75) is 39.7 Å². The van der Waals surface area contributed by atoms with Crippen LogP contribution in [0.15, 0.2) is 29.3 Å². The number of carbonyl (C=O) groups is 2. The molecule has 3 heterocycles. The topological polar surface area (TPSA) is 123 Å². The molecule has 1 saturated carbocycles. The zero-order valence-corrected chi connectivity index (χ0v) is 16.7. The number of hydrogen-bond acceptors (Lipinski definition) is 6. The van der Waals surface area contributed by atoms with E-state index in [1.54, 1.807) is 13.0 Å². The SMILES string of the molecule is [2H]C([2H])([2H])Cn1ccc2c(c(Nc3cc(NC(=O)C4CC4)ncc3C(=O)NC([2H])([2H])[2H])nn2CC)c1=O. The molecular formula is C21H25N7O3. The van der Waals surface area contributed by atoms with Crippen LogP contribution in [0.2, 0.25) is 0 Å². The molecule has 0 saturated heterocycles. The lowest BCUT2D eigenvalue weighted by Gasteiger charge is -2.12. The van der Waals surface area contributed by atoms with Crippen LogP contribution in [0.25, 0.3) is 10.9 Å². The molecule has 0 unspecified atom stereocenters. The summed E-state index contributed by atoms with van der Waals surface area (Å²) in [5, 5.41) is 11.9. The van der Waals surface area contributed by atoms with Gasteiger partial charge in [0.25, 0.3) is 11.5 Å². The third-order valence-corrected chi connectivity index (χ3v) is 5.06. The highest BCUT2D eigenvalue weighted by Crippen LogP contribution is 2.31. The van der Waals surface area contributed by atoms with Crippen LogP contribution in [0.4, 0.5) is 17.3 Å². The van der Waals surface area contributed by atoms with Gasteiger partial charge in [-0.05, 0) is 32.7 Å². The molecular weight excluding hydrogens is 398 g/mol. The van der Waals surface area contributed by atoms with Crippen LogP contribution in [0.3, 0.4) is 0 Å². The molecule has 3 aromatic heterocycles. The molecule has 1 aliphatic rings. The van der Waals surface area contributed by atoms with Crippen molar-refractivity contribution in [3.63, 3.8) is 0 Å². The van der Waals surface area contributed by atoms with Crippen LogP contribution in [-0.2, 0) is 17.9 Å². The summed E-state index contributed by atoms with van der Waals surface area (Å²) in [6.45, 7) is -3.50. The Kier molecular flexibility index (Phi) is 3.80. The molecule has 0 bridgehead atoms. The van der Waals surface area contributed by atoms with Gasteiger partial charge in [-0.1, -0.05) is 0 Å². The van der Waals surface area contributed by atoms with E-state index in [9.17, 15) is 14.4 Å². The number of nitrogens with zero attached hydrogens (tertiary/aromatic N) is 4. The molecule has 1 fully saturated rings. The van der Waals surface area contributed by atoms with E-state index in [0.29, 0.717) is 12.1 Å². The Hall–Kier alpha value is -3.69. The number of aryl methyl sites for hydroxylation is 2. The second-order valence-electron chi connectivity index (χ2n) is 7.13. The van der Waals surface area contributed by atoms with Crippen LogP contribution in [0.5, 0.6) is 0 Å². The van der Waals surface area contributed by atoms with E-state index in [1.807, 2.05) is 5.32 Å². The fourth-order valence-electron chi connectivity index (χ4n) is 3.26. The monoisotopic (exact) mass is 429 g/mol. The van der Waals surface area contributed by atoms with Gasteiger partial charge in [-0.15, -0.1) is 0 Å². The number of aromatic nitrogens is 4. The average molecular weight is 430 g/mol. The van der Waals surface area contributed by atoms with Crippen LogP contribution in [0.1, 0.15) is 45.2 Å². The second-order valence-corrected chi connectivity index (χ2v) is 7.13. The van der Waals surface area contributed by atoms with Gasteiger partial charge in [0.15, 0.2) is 5.82 Å². The number of amides is 2. The fraction of sp³-hybridized carbons (Fsp3) is 0.381. The highest BCUT2D eigenvalue weighted by Gasteiger charge is 2.30. The van der Waals surface area contributed by atoms with Gasteiger partial charge >= 0.3 is 0 Å². The Balaban J connectivity index is 1.80. The van der Waals surface area contributed by atoms with Gasteiger partial charge in [-0.2, -0.15) is 5.10 Å². The largest absolute Gasteiger partial charge is 0.355 e. The lowest BCUT2D eigenvalue weighted by molar-refractivity contribution is -0.117. The van der Waals surface area contributed by atoms with Crippen molar-refractivity contribution < 1.29 is 17.8 Å². The lowest BCUT2D eigenvalue weighted by Crippen LogP contribution is -2.21. The number of nitrogens with one attached hydrogen (secondary N) is 3. The van der Waals surface area contributed by atoms with Gasteiger partial charge in [-0.25, -0.2) is 4.98 Å². The molecule has 0 spiro atoms. The predicted molar refractivity (Wildman–Crippen MR) is 118 cm³/mol. The van der Waals surface area contributed by atoms with Gasteiger partial charge in [-0.3, -0.25) is 19.1 Å². The molecule has 0 aliphatic heterocycles. The molecule has 3 N–H and O–H groups in total. The van der Waals surface area contributed by atoms with Gasteiger partial charge in [0.1, 0.15) is 11.2 Å². The Bertz CT molecular complexity index is 1420. The minimum absolute atomic E-state index is 0.0235. The first-order chi connectivity index (χ1) is 17.3. The summed E-state index contributed by atoms with van der Waals surface area (Å²) < 4.78 is 47.2. The van der Waals surface area contributed by atoms with E-state index in [0.717, 1.165) is 23.6 Å². The molecule has 0 aromatic carbocycles. The quantitative estimate of drug-likeness (QED) is 0.528. The highest BCUT2D eigenvalue weighted by molar-refractivity contribution is 6.02. The maximum absolute atomic E-state index is 13.2. The van der Waals surface area contributed by atoms with Gasteiger partial charge in [0.05, 0.1) is 16.8 Å². The Morgan fingerprint density at radius 1 is 1.32 bits per heavy atom. The Morgan fingerprint density at radius 3 is 2.87 bits per heavy atom. The summed E-state index contributed by atoms with van der Waals surface area (Å²) in [7, 11) is 0. The Labute approximate surface area is 187 Å². The summed E-state index contributed by atoms with van der Waals surface area (Å²) >= 11 is 0. The third kappa shape index (κ3) is 3.88. The summed E-state index contributed by atoms with van der Waals surface area (Å²) in [5.74, 6) is -1.17. The average Bonchev–Trinajstić information content (AvgIpc) is 3.56. The highest BCUT2D eigenvalue weighted by atomic mass is 16.2. The van der Waals surface area contributed by atoms with Crippen molar-refractivity contribution in [3.05, 3.63) is 40.4 Å². The molecule has 1 aliphatic carbocycles. The zero-order chi connectivity index (χ0) is 27.1. The van der Waals surface area contributed by atoms with Crippen molar-refractivity contribution in [2.75, 3.05) is 17.6 Å². The molecule has 31 heavy (non-hydrogen) atoms. The zero-order valence-electron chi connectivity index (χ0n) is 22.7. The van der Waals surface area contributed by atoms with Crippen molar-refractivity contribution >= 4 is 40.0 Å². The van der Waals surface area contributed by atoms with E-state index in [2.05, 4.69) is 20.7 Å².